The summed E-state index contributed by atoms with van der Waals surface area (Å²) in [4.78, 5) is 12.5. The summed E-state index contributed by atoms with van der Waals surface area (Å²) in [6.45, 7) is 0.943. The molecule has 10 nitrogen and oxygen atoms in total. The fraction of sp³-hybridized carbons (Fsp3) is 0.348. The Hall–Kier alpha value is -3.44. The summed E-state index contributed by atoms with van der Waals surface area (Å²) < 4.78 is 28.6. The van der Waals surface area contributed by atoms with Crippen LogP contribution >= 0.6 is 11.8 Å². The first-order valence-electron chi connectivity index (χ1n) is 10.3. The van der Waals surface area contributed by atoms with E-state index in [1.165, 1.54) is 11.8 Å². The molecule has 1 aromatic heterocycles. The smallest absolute Gasteiger partial charge is 0.234 e. The van der Waals surface area contributed by atoms with E-state index in [4.69, 9.17) is 23.7 Å². The number of thioether (sulfide) groups is 1. The van der Waals surface area contributed by atoms with E-state index in [1.54, 1.807) is 71.9 Å². The first-order valence-corrected chi connectivity index (χ1v) is 11.3. The molecule has 1 heterocycles. The van der Waals surface area contributed by atoms with Gasteiger partial charge in [-0.3, -0.25) is 9.36 Å². The lowest BCUT2D eigenvalue weighted by Gasteiger charge is -2.15. The molecule has 0 atom stereocenters. The van der Waals surface area contributed by atoms with Crippen LogP contribution in [0.1, 0.15) is 0 Å². The van der Waals surface area contributed by atoms with E-state index in [1.807, 2.05) is 4.57 Å². The Labute approximate surface area is 202 Å². The highest BCUT2D eigenvalue weighted by molar-refractivity contribution is 7.99. The number of hydrogen-bond acceptors (Lipinski definition) is 9. The van der Waals surface area contributed by atoms with Gasteiger partial charge in [0.05, 0.1) is 47.3 Å². The molecule has 34 heavy (non-hydrogen) atoms. The van der Waals surface area contributed by atoms with E-state index >= 15 is 0 Å². The second-order valence-electron chi connectivity index (χ2n) is 6.93. The van der Waals surface area contributed by atoms with Gasteiger partial charge < -0.3 is 29.0 Å². The molecule has 3 rings (SSSR count). The monoisotopic (exact) mass is 488 g/mol. The number of aromatic nitrogens is 3. The zero-order valence-corrected chi connectivity index (χ0v) is 20.6. The summed E-state index contributed by atoms with van der Waals surface area (Å²) in [5, 5.41) is 12.1. The Morgan fingerprint density at radius 3 is 2.18 bits per heavy atom. The Bertz CT molecular complexity index is 1080. The van der Waals surface area contributed by atoms with Crippen molar-refractivity contribution in [1.29, 1.82) is 0 Å². The van der Waals surface area contributed by atoms with E-state index in [-0.39, 0.29) is 11.7 Å². The number of ether oxygens (including phenoxy) is 5. The van der Waals surface area contributed by atoms with Crippen molar-refractivity contribution >= 4 is 23.4 Å². The van der Waals surface area contributed by atoms with Crippen molar-refractivity contribution in [2.24, 2.45) is 0 Å². The number of methoxy groups -OCH3 is 5. The van der Waals surface area contributed by atoms with Crippen LogP contribution in [-0.4, -0.2) is 68.6 Å². The van der Waals surface area contributed by atoms with Gasteiger partial charge in [0.15, 0.2) is 22.5 Å². The molecule has 0 saturated heterocycles. The summed E-state index contributed by atoms with van der Waals surface area (Å²) in [5.74, 6) is 2.81. The zero-order chi connectivity index (χ0) is 24.5. The van der Waals surface area contributed by atoms with Gasteiger partial charge in [0.1, 0.15) is 5.75 Å². The van der Waals surface area contributed by atoms with Crippen molar-refractivity contribution < 1.29 is 28.5 Å². The van der Waals surface area contributed by atoms with Crippen LogP contribution < -0.4 is 24.3 Å². The van der Waals surface area contributed by atoms with Crippen molar-refractivity contribution in [3.05, 3.63) is 36.4 Å². The van der Waals surface area contributed by atoms with Gasteiger partial charge in [-0.2, -0.15) is 0 Å². The average molecular weight is 489 g/mol. The van der Waals surface area contributed by atoms with Gasteiger partial charge in [0.2, 0.25) is 11.7 Å². The molecule has 0 unspecified atom stereocenters. The second-order valence-corrected chi connectivity index (χ2v) is 7.87. The number of nitrogens with zero attached hydrogens (tertiary/aromatic N) is 3. The normalized spacial score (nSPS) is 10.6. The zero-order valence-electron chi connectivity index (χ0n) is 19.8. The maximum Gasteiger partial charge on any atom is 0.234 e. The van der Waals surface area contributed by atoms with E-state index in [2.05, 4.69) is 15.5 Å². The average Bonchev–Trinajstić information content (AvgIpc) is 3.28. The second kappa shape index (κ2) is 12.1. The number of nitrogens with one attached hydrogen (secondary N) is 1. The number of rotatable bonds is 12. The summed E-state index contributed by atoms with van der Waals surface area (Å²) in [5.41, 5.74) is 1.41. The first kappa shape index (κ1) is 25.2. The van der Waals surface area contributed by atoms with Crippen LogP contribution in [0.2, 0.25) is 0 Å². The fourth-order valence-corrected chi connectivity index (χ4v) is 3.97. The molecule has 0 aliphatic carbocycles. The van der Waals surface area contributed by atoms with Crippen LogP contribution in [0.25, 0.3) is 11.4 Å². The van der Waals surface area contributed by atoms with Crippen molar-refractivity contribution in [3.63, 3.8) is 0 Å². The highest BCUT2D eigenvalue weighted by atomic mass is 32.2. The molecule has 0 bridgehead atoms. The summed E-state index contributed by atoms with van der Waals surface area (Å²) in [7, 11) is 7.88. The summed E-state index contributed by atoms with van der Waals surface area (Å²) >= 11 is 1.29. The minimum atomic E-state index is -0.161. The van der Waals surface area contributed by atoms with Gasteiger partial charge in [-0.1, -0.05) is 11.8 Å². The molecular formula is C23H28N4O6S. The summed E-state index contributed by atoms with van der Waals surface area (Å²) in [6.07, 6.45) is 0. The standard InChI is InChI=1S/C23H28N4O6S/c1-29-11-10-27-22(15-12-18(31-3)21(33-5)19(13-15)32-4)25-26-23(27)34-14-20(28)24-16-6-8-17(30-2)9-7-16/h6-9,12-13H,10-11,14H2,1-5H3,(H,24,28). The van der Waals surface area contributed by atoms with Crippen molar-refractivity contribution in [1.82, 2.24) is 14.8 Å². The molecule has 0 fully saturated rings. The Balaban J connectivity index is 1.82. The maximum atomic E-state index is 12.5. The molecule has 0 saturated carbocycles. The van der Waals surface area contributed by atoms with Gasteiger partial charge in [-0.15, -0.1) is 10.2 Å². The van der Waals surface area contributed by atoms with Gasteiger partial charge in [0.25, 0.3) is 0 Å². The number of carbonyl (C=O) groups is 1. The predicted octanol–water partition coefficient (Wildman–Crippen LogP) is 3.36. The molecule has 182 valence electrons. The third-order valence-electron chi connectivity index (χ3n) is 4.86. The molecule has 2 aromatic carbocycles. The van der Waals surface area contributed by atoms with Gasteiger partial charge >= 0.3 is 0 Å². The van der Waals surface area contributed by atoms with Crippen LogP contribution in [0.5, 0.6) is 23.0 Å². The number of anilines is 1. The minimum Gasteiger partial charge on any atom is -0.497 e. The third-order valence-corrected chi connectivity index (χ3v) is 5.83. The van der Waals surface area contributed by atoms with Crippen LogP contribution in [0.15, 0.2) is 41.6 Å². The highest BCUT2D eigenvalue weighted by Crippen LogP contribution is 2.41. The van der Waals surface area contributed by atoms with Gasteiger partial charge in [-0.05, 0) is 36.4 Å². The molecule has 3 aromatic rings. The Morgan fingerprint density at radius 1 is 0.941 bits per heavy atom. The molecule has 0 aliphatic rings. The lowest BCUT2D eigenvalue weighted by Crippen LogP contribution is -2.15. The largest absolute Gasteiger partial charge is 0.497 e. The van der Waals surface area contributed by atoms with E-state index in [9.17, 15) is 4.79 Å². The number of hydrogen-bond donors (Lipinski definition) is 1. The Morgan fingerprint density at radius 2 is 1.62 bits per heavy atom. The predicted molar refractivity (Wildman–Crippen MR) is 129 cm³/mol. The van der Waals surface area contributed by atoms with Crippen molar-refractivity contribution in [2.45, 2.75) is 11.7 Å². The molecule has 1 amide bonds. The molecular weight excluding hydrogens is 460 g/mol. The topological polar surface area (TPSA) is 106 Å². The fourth-order valence-electron chi connectivity index (χ4n) is 3.20. The quantitative estimate of drug-likeness (QED) is 0.384. The SMILES string of the molecule is COCCn1c(SCC(=O)Nc2ccc(OC)cc2)nnc1-c1cc(OC)c(OC)c(OC)c1. The van der Waals surface area contributed by atoms with E-state index in [0.29, 0.717) is 47.1 Å². The molecule has 0 aliphatic heterocycles. The van der Waals surface area contributed by atoms with Crippen molar-refractivity contribution in [3.8, 4) is 34.4 Å². The van der Waals surface area contributed by atoms with Gasteiger partial charge in [0, 0.05) is 18.4 Å². The molecule has 0 spiro atoms. The minimum absolute atomic E-state index is 0.159. The summed E-state index contributed by atoms with van der Waals surface area (Å²) in [6, 6.07) is 10.7. The number of carbonyl (C=O) groups excluding carboxylic acids is 1. The van der Waals surface area contributed by atoms with Crippen molar-refractivity contribution in [2.75, 3.05) is 53.2 Å². The number of amides is 1. The molecule has 0 radical (unpaired) electrons. The highest BCUT2D eigenvalue weighted by Gasteiger charge is 2.20. The van der Waals surface area contributed by atoms with E-state index in [0.717, 1.165) is 11.3 Å². The van der Waals surface area contributed by atoms with Crippen LogP contribution in [0.4, 0.5) is 5.69 Å². The first-order chi connectivity index (χ1) is 16.5. The lowest BCUT2D eigenvalue weighted by molar-refractivity contribution is -0.113. The lowest BCUT2D eigenvalue weighted by atomic mass is 10.1. The Kier molecular flexibility index (Phi) is 9.00. The van der Waals surface area contributed by atoms with E-state index < -0.39 is 0 Å². The van der Waals surface area contributed by atoms with Crippen LogP contribution in [0, 0.1) is 0 Å². The van der Waals surface area contributed by atoms with Gasteiger partial charge in [-0.25, -0.2) is 0 Å². The third kappa shape index (κ3) is 5.91. The van der Waals surface area contributed by atoms with Crippen LogP contribution in [0.3, 0.4) is 0 Å². The molecule has 11 heteroatoms. The number of benzene rings is 2. The molecule has 1 N–H and O–H groups in total. The van der Waals surface area contributed by atoms with Crippen LogP contribution in [-0.2, 0) is 16.1 Å². The maximum absolute atomic E-state index is 12.5.